The molecule has 1 aromatic carbocycles. The van der Waals surface area contributed by atoms with Crippen molar-refractivity contribution in [2.45, 2.75) is 72.3 Å². The van der Waals surface area contributed by atoms with Crippen LogP contribution in [-0.4, -0.2) is 52.1 Å². The topological polar surface area (TPSA) is 74.4 Å². The molecular formula is C30H37N5O2. The molecule has 2 aliphatic heterocycles. The van der Waals surface area contributed by atoms with Gasteiger partial charge >= 0.3 is 0 Å². The summed E-state index contributed by atoms with van der Waals surface area (Å²) in [5, 5.41) is 11.4. The van der Waals surface area contributed by atoms with E-state index in [0.29, 0.717) is 38.3 Å². The Labute approximate surface area is 219 Å². The number of aromatic nitrogens is 2. The molecule has 0 radical (unpaired) electrons. The molecule has 0 bridgehead atoms. The normalized spacial score (nSPS) is 19.9. The van der Waals surface area contributed by atoms with Crippen molar-refractivity contribution in [2.75, 3.05) is 24.5 Å². The molecule has 37 heavy (non-hydrogen) atoms. The molecular weight excluding hydrogens is 462 g/mol. The average Bonchev–Trinajstić information content (AvgIpc) is 3.29. The molecule has 0 saturated carbocycles. The quantitative estimate of drug-likeness (QED) is 0.501. The van der Waals surface area contributed by atoms with Crippen LogP contribution in [0.3, 0.4) is 0 Å². The molecule has 7 nitrogen and oxygen atoms in total. The maximum absolute atomic E-state index is 13.6. The molecule has 7 heteroatoms. The second-order valence-corrected chi connectivity index (χ2v) is 11.1. The number of pyridine rings is 1. The van der Waals surface area contributed by atoms with Crippen LogP contribution in [0.25, 0.3) is 10.9 Å². The Balaban J connectivity index is 1.43. The van der Waals surface area contributed by atoms with E-state index in [1.54, 1.807) is 0 Å². The Bertz CT molecular complexity index is 1350. The summed E-state index contributed by atoms with van der Waals surface area (Å²) in [5.74, 6) is 1.41. The van der Waals surface area contributed by atoms with Gasteiger partial charge in [0.2, 0.25) is 5.91 Å². The van der Waals surface area contributed by atoms with Gasteiger partial charge in [-0.1, -0.05) is 45.9 Å². The van der Waals surface area contributed by atoms with Gasteiger partial charge in [-0.15, -0.1) is 0 Å². The van der Waals surface area contributed by atoms with E-state index in [9.17, 15) is 10.1 Å². The van der Waals surface area contributed by atoms with Crippen molar-refractivity contribution in [1.29, 1.82) is 5.26 Å². The summed E-state index contributed by atoms with van der Waals surface area (Å²) in [6.07, 6.45) is 2.81. The summed E-state index contributed by atoms with van der Waals surface area (Å²) in [7, 11) is 0. The highest BCUT2D eigenvalue weighted by Gasteiger charge is 2.35. The van der Waals surface area contributed by atoms with E-state index in [1.807, 2.05) is 27.8 Å². The first-order valence-corrected chi connectivity index (χ1v) is 13.4. The van der Waals surface area contributed by atoms with Crippen LogP contribution >= 0.6 is 0 Å². The molecule has 2 atom stereocenters. The van der Waals surface area contributed by atoms with Crippen molar-refractivity contribution in [2.24, 2.45) is 5.92 Å². The zero-order chi connectivity index (χ0) is 26.3. The number of carbonyl (C=O) groups is 1. The Morgan fingerprint density at radius 1 is 1.16 bits per heavy atom. The van der Waals surface area contributed by atoms with Crippen molar-refractivity contribution in [1.82, 2.24) is 14.5 Å². The summed E-state index contributed by atoms with van der Waals surface area (Å²) < 4.78 is 7.97. The van der Waals surface area contributed by atoms with Crippen LogP contribution in [0.1, 0.15) is 62.9 Å². The van der Waals surface area contributed by atoms with E-state index in [4.69, 9.17) is 9.72 Å². The molecule has 3 aromatic rings. The zero-order valence-electron chi connectivity index (χ0n) is 22.6. The number of nitrogens with zero attached hydrogens (tertiary/aromatic N) is 5. The van der Waals surface area contributed by atoms with Crippen LogP contribution in [0.15, 0.2) is 36.5 Å². The lowest BCUT2D eigenvalue weighted by Crippen LogP contribution is -2.58. The summed E-state index contributed by atoms with van der Waals surface area (Å²) in [5.41, 5.74) is 4.95. The van der Waals surface area contributed by atoms with E-state index < -0.39 is 0 Å². The highest BCUT2D eigenvalue weighted by Crippen LogP contribution is 2.35. The van der Waals surface area contributed by atoms with Gasteiger partial charge in [-0.05, 0) is 41.8 Å². The lowest BCUT2D eigenvalue weighted by molar-refractivity contribution is -0.135. The van der Waals surface area contributed by atoms with E-state index >= 15 is 0 Å². The van der Waals surface area contributed by atoms with Gasteiger partial charge in [-0.25, -0.2) is 4.98 Å². The first-order chi connectivity index (χ1) is 17.8. The number of anilines is 1. The predicted octanol–water partition coefficient (Wildman–Crippen LogP) is 4.87. The molecule has 2 aromatic heterocycles. The minimum Gasteiger partial charge on any atom is -0.373 e. The van der Waals surface area contributed by atoms with Gasteiger partial charge in [0.1, 0.15) is 18.4 Å². The van der Waals surface area contributed by atoms with Crippen LogP contribution < -0.4 is 4.90 Å². The smallest absolute Gasteiger partial charge is 0.242 e. The molecule has 2 aliphatic rings. The van der Waals surface area contributed by atoms with E-state index in [2.05, 4.69) is 63.8 Å². The number of benzene rings is 1. The van der Waals surface area contributed by atoms with Gasteiger partial charge in [-0.2, -0.15) is 5.26 Å². The van der Waals surface area contributed by atoms with Crippen molar-refractivity contribution in [3.8, 4) is 6.07 Å². The molecule has 5 rings (SSSR count). The van der Waals surface area contributed by atoms with Gasteiger partial charge < -0.3 is 19.1 Å². The summed E-state index contributed by atoms with van der Waals surface area (Å²) >= 11 is 0. The number of rotatable bonds is 5. The number of nitriles is 1. The number of para-hydroxylation sites is 1. The number of ether oxygens (including phenoxy) is 1. The Morgan fingerprint density at radius 2 is 1.95 bits per heavy atom. The SMILES string of the molecule is CC1Cc2c(C#N)c(N3CCN(C(=O)Cn4ccc5ccccc54)[C@H](C(C)C)C3)nc(C(C)C)c2CO1. The predicted molar refractivity (Wildman–Crippen MR) is 145 cm³/mol. The van der Waals surface area contributed by atoms with Crippen LogP contribution in [-0.2, 0) is 29.1 Å². The van der Waals surface area contributed by atoms with Gasteiger partial charge in [0.05, 0.1) is 30.0 Å². The average molecular weight is 500 g/mol. The van der Waals surface area contributed by atoms with Crippen LogP contribution in [0.5, 0.6) is 0 Å². The van der Waals surface area contributed by atoms with E-state index in [-0.39, 0.29) is 29.9 Å². The largest absolute Gasteiger partial charge is 0.373 e. The van der Waals surface area contributed by atoms with E-state index in [1.165, 1.54) is 0 Å². The molecule has 0 spiro atoms. The summed E-state index contributed by atoms with van der Waals surface area (Å²) in [6, 6.07) is 12.7. The molecule has 1 amide bonds. The Hall–Kier alpha value is -3.37. The van der Waals surface area contributed by atoms with Crippen LogP contribution in [0.4, 0.5) is 5.82 Å². The molecule has 4 heterocycles. The molecule has 1 saturated heterocycles. The Morgan fingerprint density at radius 3 is 2.68 bits per heavy atom. The third-order valence-corrected chi connectivity index (χ3v) is 7.88. The van der Waals surface area contributed by atoms with Crippen molar-refractivity contribution in [3.63, 3.8) is 0 Å². The van der Waals surface area contributed by atoms with Crippen LogP contribution in [0.2, 0.25) is 0 Å². The number of hydrogen-bond donors (Lipinski definition) is 0. The standard InChI is InChI=1S/C30H37N5O2/c1-19(2)27-16-34(12-13-35(27)28(36)17-33-11-10-22-8-6-7-9-26(22)33)30-24(15-31)23-14-21(5)37-18-25(23)29(32-30)20(3)4/h6-11,19-21,27H,12-14,16-18H2,1-5H3/t21?,27-/m0/s1. The fraction of sp³-hybridized carbons (Fsp3) is 0.500. The number of hydrogen-bond acceptors (Lipinski definition) is 5. The first-order valence-electron chi connectivity index (χ1n) is 13.4. The Kier molecular flexibility index (Phi) is 6.96. The van der Waals surface area contributed by atoms with Gasteiger partial charge in [0.15, 0.2) is 0 Å². The monoisotopic (exact) mass is 499 g/mol. The fourth-order valence-corrected chi connectivity index (χ4v) is 5.86. The van der Waals surface area contributed by atoms with Crippen molar-refractivity contribution < 1.29 is 9.53 Å². The molecule has 0 N–H and O–H groups in total. The maximum Gasteiger partial charge on any atom is 0.242 e. The second kappa shape index (κ2) is 10.2. The van der Waals surface area contributed by atoms with Crippen molar-refractivity contribution >= 4 is 22.6 Å². The fourth-order valence-electron chi connectivity index (χ4n) is 5.86. The molecule has 194 valence electrons. The minimum absolute atomic E-state index is 0.0391. The molecule has 1 unspecified atom stereocenters. The number of fused-ring (bicyclic) bond motifs is 2. The molecule has 0 aliphatic carbocycles. The lowest BCUT2D eigenvalue weighted by atomic mass is 9.90. The highest BCUT2D eigenvalue weighted by molar-refractivity contribution is 5.83. The maximum atomic E-state index is 13.6. The summed E-state index contributed by atoms with van der Waals surface area (Å²) in [4.78, 5) is 22.9. The number of amides is 1. The van der Waals surface area contributed by atoms with Gasteiger partial charge in [-0.3, -0.25) is 4.79 Å². The van der Waals surface area contributed by atoms with Gasteiger partial charge in [0, 0.05) is 43.3 Å². The third kappa shape index (κ3) is 4.71. The second-order valence-electron chi connectivity index (χ2n) is 11.1. The highest BCUT2D eigenvalue weighted by atomic mass is 16.5. The zero-order valence-corrected chi connectivity index (χ0v) is 22.6. The number of piperazine rings is 1. The van der Waals surface area contributed by atoms with Crippen LogP contribution in [0, 0.1) is 17.2 Å². The first kappa shape index (κ1) is 25.3. The number of carbonyl (C=O) groups excluding carboxylic acids is 1. The lowest BCUT2D eigenvalue weighted by Gasteiger charge is -2.44. The van der Waals surface area contributed by atoms with E-state index in [0.717, 1.165) is 40.0 Å². The van der Waals surface area contributed by atoms with Crippen molar-refractivity contribution in [3.05, 3.63) is 58.9 Å². The molecule has 1 fully saturated rings. The third-order valence-electron chi connectivity index (χ3n) is 7.88. The summed E-state index contributed by atoms with van der Waals surface area (Å²) in [6.45, 7) is 13.5. The van der Waals surface area contributed by atoms with Gasteiger partial charge in [0.25, 0.3) is 0 Å². The minimum atomic E-state index is 0.0391.